The molecule has 0 saturated carbocycles. The second-order valence-corrected chi connectivity index (χ2v) is 10.9. The van der Waals surface area contributed by atoms with E-state index in [1.54, 1.807) is 42.5 Å². The second-order valence-electron chi connectivity index (χ2n) is 6.97. The van der Waals surface area contributed by atoms with Crippen molar-refractivity contribution < 1.29 is 26.4 Å². The van der Waals surface area contributed by atoms with Gasteiger partial charge in [0.05, 0.1) is 23.9 Å². The fourth-order valence-electron chi connectivity index (χ4n) is 3.05. The monoisotopic (exact) mass is 453 g/mol. The Balaban J connectivity index is 1.82. The van der Waals surface area contributed by atoms with E-state index in [4.69, 9.17) is 4.74 Å². The van der Waals surface area contributed by atoms with Crippen LogP contribution in [-0.4, -0.2) is 55.0 Å². The van der Waals surface area contributed by atoms with Crippen molar-refractivity contribution in [2.45, 2.75) is 12.5 Å². The molecule has 1 aliphatic rings. The Morgan fingerprint density at radius 3 is 2.47 bits per heavy atom. The molecule has 0 bridgehead atoms. The number of anilines is 3. The van der Waals surface area contributed by atoms with Crippen molar-refractivity contribution in [2.75, 3.05) is 40.0 Å². The van der Waals surface area contributed by atoms with Crippen LogP contribution < -0.4 is 18.7 Å². The number of nitrogens with zero attached hydrogens (tertiary/aromatic N) is 2. The topological polar surface area (TPSA) is 113 Å². The molecule has 11 heteroatoms. The zero-order valence-electron chi connectivity index (χ0n) is 16.8. The molecule has 0 spiro atoms. The van der Waals surface area contributed by atoms with Crippen molar-refractivity contribution in [3.63, 3.8) is 0 Å². The lowest BCUT2D eigenvalue weighted by Gasteiger charge is -2.20. The average Bonchev–Trinajstić information content (AvgIpc) is 2.86. The standard InChI is InChI=1S/C19H23N3O6S2/c1-21(29(2,24)25)15-8-6-7-14(13-15)20-19(23)18-11-12-22(30(3,26)27)16-9-4-5-10-17(16)28-18/h4-10,13,18H,11-12H2,1-3H3,(H,20,23). The summed E-state index contributed by atoms with van der Waals surface area (Å²) in [4.78, 5) is 12.8. The maximum atomic E-state index is 12.8. The summed E-state index contributed by atoms with van der Waals surface area (Å²) in [7, 11) is -5.57. The average molecular weight is 454 g/mol. The van der Waals surface area contributed by atoms with Gasteiger partial charge in [0.2, 0.25) is 20.0 Å². The fraction of sp³-hybridized carbons (Fsp3) is 0.316. The molecular weight excluding hydrogens is 430 g/mol. The number of carbonyl (C=O) groups is 1. The first-order chi connectivity index (χ1) is 14.0. The largest absolute Gasteiger partial charge is 0.478 e. The van der Waals surface area contributed by atoms with Gasteiger partial charge in [-0.2, -0.15) is 0 Å². The summed E-state index contributed by atoms with van der Waals surface area (Å²) in [5, 5.41) is 2.72. The van der Waals surface area contributed by atoms with Crippen LogP contribution in [0.1, 0.15) is 6.42 Å². The molecule has 2 aromatic rings. The van der Waals surface area contributed by atoms with Crippen molar-refractivity contribution in [1.29, 1.82) is 0 Å². The van der Waals surface area contributed by atoms with Gasteiger partial charge in [-0.25, -0.2) is 16.8 Å². The molecule has 1 atom stereocenters. The number of rotatable bonds is 5. The van der Waals surface area contributed by atoms with Gasteiger partial charge in [-0.1, -0.05) is 18.2 Å². The van der Waals surface area contributed by atoms with Crippen molar-refractivity contribution in [1.82, 2.24) is 0 Å². The van der Waals surface area contributed by atoms with E-state index in [2.05, 4.69) is 5.32 Å². The number of sulfonamides is 2. The molecule has 1 N–H and O–H groups in total. The molecular formula is C19H23N3O6S2. The molecule has 1 heterocycles. The number of benzene rings is 2. The quantitative estimate of drug-likeness (QED) is 0.736. The molecule has 1 aliphatic heterocycles. The number of amides is 1. The first-order valence-corrected chi connectivity index (χ1v) is 12.7. The predicted molar refractivity (Wildman–Crippen MR) is 116 cm³/mol. The third-order valence-electron chi connectivity index (χ3n) is 4.67. The summed E-state index contributed by atoms with van der Waals surface area (Å²) in [5.74, 6) is -0.162. The number of carbonyl (C=O) groups excluding carboxylic acids is 1. The van der Waals surface area contributed by atoms with E-state index in [0.29, 0.717) is 22.8 Å². The van der Waals surface area contributed by atoms with Gasteiger partial charge in [-0.15, -0.1) is 0 Å². The van der Waals surface area contributed by atoms with Crippen molar-refractivity contribution in [2.24, 2.45) is 0 Å². The maximum Gasteiger partial charge on any atom is 0.265 e. The fourth-order valence-corrected chi connectivity index (χ4v) is 4.49. The lowest BCUT2D eigenvalue weighted by atomic mass is 10.2. The summed E-state index contributed by atoms with van der Waals surface area (Å²) >= 11 is 0. The molecule has 2 aromatic carbocycles. The van der Waals surface area contributed by atoms with Crippen molar-refractivity contribution >= 4 is 43.0 Å². The SMILES string of the molecule is CN(c1cccc(NC(=O)C2CCN(S(C)(=O)=O)c3ccccc3O2)c1)S(C)(=O)=O. The van der Waals surface area contributed by atoms with Gasteiger partial charge in [0, 0.05) is 25.7 Å². The van der Waals surface area contributed by atoms with E-state index in [1.807, 2.05) is 0 Å². The van der Waals surface area contributed by atoms with E-state index in [1.165, 1.54) is 17.4 Å². The van der Waals surface area contributed by atoms with Crippen LogP contribution in [0.15, 0.2) is 48.5 Å². The van der Waals surface area contributed by atoms with E-state index in [-0.39, 0.29) is 13.0 Å². The molecule has 0 aliphatic carbocycles. The van der Waals surface area contributed by atoms with E-state index < -0.39 is 32.1 Å². The van der Waals surface area contributed by atoms with Crippen LogP contribution in [0.25, 0.3) is 0 Å². The molecule has 0 saturated heterocycles. The summed E-state index contributed by atoms with van der Waals surface area (Å²) in [6.07, 6.45) is 1.42. The first-order valence-electron chi connectivity index (χ1n) is 9.05. The summed E-state index contributed by atoms with van der Waals surface area (Å²) in [6.45, 7) is 0.0881. The number of nitrogens with one attached hydrogen (secondary N) is 1. The smallest absolute Gasteiger partial charge is 0.265 e. The molecule has 3 rings (SSSR count). The summed E-state index contributed by atoms with van der Waals surface area (Å²) in [6, 6.07) is 13.0. The molecule has 0 radical (unpaired) electrons. The van der Waals surface area contributed by atoms with Gasteiger partial charge in [0.25, 0.3) is 5.91 Å². The minimum atomic E-state index is -3.54. The highest BCUT2D eigenvalue weighted by molar-refractivity contribution is 7.92. The van der Waals surface area contributed by atoms with Crippen LogP contribution in [0, 0.1) is 0 Å². The first kappa shape index (κ1) is 21.9. The van der Waals surface area contributed by atoms with Gasteiger partial charge in [-0.05, 0) is 30.3 Å². The molecule has 1 unspecified atom stereocenters. The molecule has 0 fully saturated rings. The Morgan fingerprint density at radius 1 is 1.10 bits per heavy atom. The van der Waals surface area contributed by atoms with Crippen LogP contribution in [-0.2, 0) is 24.8 Å². The third kappa shape index (κ3) is 4.85. The number of para-hydroxylation sites is 2. The highest BCUT2D eigenvalue weighted by Crippen LogP contribution is 2.34. The van der Waals surface area contributed by atoms with E-state index in [0.717, 1.165) is 16.8 Å². The van der Waals surface area contributed by atoms with Crippen LogP contribution in [0.2, 0.25) is 0 Å². The molecule has 162 valence electrons. The van der Waals surface area contributed by atoms with Crippen molar-refractivity contribution in [3.8, 4) is 5.75 Å². The van der Waals surface area contributed by atoms with Gasteiger partial charge in [0.15, 0.2) is 6.10 Å². The van der Waals surface area contributed by atoms with Crippen molar-refractivity contribution in [3.05, 3.63) is 48.5 Å². The summed E-state index contributed by atoms with van der Waals surface area (Å²) in [5.41, 5.74) is 1.17. The Bertz CT molecular complexity index is 1160. The lowest BCUT2D eigenvalue weighted by molar-refractivity contribution is -0.122. The Kier molecular flexibility index (Phi) is 5.95. The molecule has 1 amide bonds. The zero-order valence-corrected chi connectivity index (χ0v) is 18.4. The van der Waals surface area contributed by atoms with Crippen LogP contribution in [0.4, 0.5) is 17.1 Å². The number of ether oxygens (including phenoxy) is 1. The van der Waals surface area contributed by atoms with Gasteiger partial charge in [0.1, 0.15) is 5.75 Å². The molecule has 0 aromatic heterocycles. The van der Waals surface area contributed by atoms with E-state index in [9.17, 15) is 21.6 Å². The predicted octanol–water partition coefficient (Wildman–Crippen LogP) is 1.64. The van der Waals surface area contributed by atoms with Gasteiger partial charge >= 0.3 is 0 Å². The minimum absolute atomic E-state index is 0.0881. The van der Waals surface area contributed by atoms with Crippen LogP contribution in [0.3, 0.4) is 0 Å². The normalized spacial score (nSPS) is 16.8. The third-order valence-corrected chi connectivity index (χ3v) is 7.05. The Hall–Kier alpha value is -2.79. The highest BCUT2D eigenvalue weighted by atomic mass is 32.2. The maximum absolute atomic E-state index is 12.8. The summed E-state index contributed by atoms with van der Waals surface area (Å²) < 4.78 is 56.0. The molecule has 9 nitrogen and oxygen atoms in total. The van der Waals surface area contributed by atoms with Crippen LogP contribution >= 0.6 is 0 Å². The van der Waals surface area contributed by atoms with Gasteiger partial charge < -0.3 is 10.1 Å². The second kappa shape index (κ2) is 8.15. The Morgan fingerprint density at radius 2 is 1.80 bits per heavy atom. The lowest BCUT2D eigenvalue weighted by Crippen LogP contribution is -2.36. The highest BCUT2D eigenvalue weighted by Gasteiger charge is 2.31. The number of hydrogen-bond donors (Lipinski definition) is 1. The van der Waals surface area contributed by atoms with Crippen LogP contribution in [0.5, 0.6) is 5.75 Å². The molecule has 30 heavy (non-hydrogen) atoms. The van der Waals surface area contributed by atoms with Gasteiger partial charge in [-0.3, -0.25) is 13.4 Å². The zero-order chi connectivity index (χ0) is 22.1. The number of fused-ring (bicyclic) bond motifs is 1. The van der Waals surface area contributed by atoms with E-state index >= 15 is 0 Å². The number of hydrogen-bond acceptors (Lipinski definition) is 6. The Labute approximate surface area is 176 Å². The minimum Gasteiger partial charge on any atom is -0.478 e.